The minimum Gasteiger partial charge on any atom is -0.396 e. The summed E-state index contributed by atoms with van der Waals surface area (Å²) in [6, 6.07) is 2.86. The Kier molecular flexibility index (Phi) is 3.30. The molecule has 2 N–H and O–H groups in total. The van der Waals surface area contributed by atoms with Gasteiger partial charge in [-0.2, -0.15) is 0 Å². The van der Waals surface area contributed by atoms with Crippen molar-refractivity contribution in [3.8, 4) is 0 Å². The van der Waals surface area contributed by atoms with Crippen LogP contribution in [0, 0.1) is 9.39 Å². The molecule has 0 aromatic heterocycles. The maximum atomic E-state index is 13.2. The first kappa shape index (κ1) is 11.2. The Morgan fingerprint density at radius 3 is 2.57 bits per heavy atom. The second-order valence-corrected chi connectivity index (χ2v) is 4.29. The fourth-order valence-corrected chi connectivity index (χ4v) is 1.59. The molecule has 0 radical (unpaired) electrons. The van der Waals surface area contributed by atoms with Gasteiger partial charge in [0.15, 0.2) is 0 Å². The van der Waals surface area contributed by atoms with E-state index in [1.807, 2.05) is 22.6 Å². The molecule has 1 amide bonds. The fourth-order valence-electron chi connectivity index (χ4n) is 1.00. The SMILES string of the molecule is CN(C)C(=O)c1cc(I)cc(F)c1N. The van der Waals surface area contributed by atoms with Gasteiger partial charge in [-0.15, -0.1) is 0 Å². The Morgan fingerprint density at radius 2 is 2.07 bits per heavy atom. The van der Waals surface area contributed by atoms with Crippen molar-refractivity contribution in [3.05, 3.63) is 27.1 Å². The van der Waals surface area contributed by atoms with Crippen molar-refractivity contribution >= 4 is 34.2 Å². The smallest absolute Gasteiger partial charge is 0.255 e. The van der Waals surface area contributed by atoms with E-state index in [-0.39, 0.29) is 17.2 Å². The molecule has 0 aliphatic carbocycles. The molecule has 1 aromatic carbocycles. The number of benzene rings is 1. The van der Waals surface area contributed by atoms with Gasteiger partial charge in [-0.3, -0.25) is 4.79 Å². The van der Waals surface area contributed by atoms with E-state index >= 15 is 0 Å². The number of carbonyl (C=O) groups is 1. The van der Waals surface area contributed by atoms with Gasteiger partial charge in [-0.1, -0.05) is 0 Å². The summed E-state index contributed by atoms with van der Waals surface area (Å²) < 4.78 is 13.8. The van der Waals surface area contributed by atoms with Crippen molar-refractivity contribution in [1.82, 2.24) is 4.90 Å². The minimum absolute atomic E-state index is 0.0934. The average molecular weight is 308 g/mol. The topological polar surface area (TPSA) is 46.3 Å². The van der Waals surface area contributed by atoms with E-state index in [0.717, 1.165) is 0 Å². The van der Waals surface area contributed by atoms with Gasteiger partial charge in [0.1, 0.15) is 5.82 Å². The summed E-state index contributed by atoms with van der Waals surface area (Å²) in [7, 11) is 3.19. The van der Waals surface area contributed by atoms with Gasteiger partial charge in [0.2, 0.25) is 0 Å². The summed E-state index contributed by atoms with van der Waals surface area (Å²) in [6.07, 6.45) is 0. The molecule has 14 heavy (non-hydrogen) atoms. The number of nitrogens with zero attached hydrogens (tertiary/aromatic N) is 1. The van der Waals surface area contributed by atoms with Crippen LogP contribution in [-0.2, 0) is 0 Å². The van der Waals surface area contributed by atoms with Crippen molar-refractivity contribution in [2.45, 2.75) is 0 Å². The molecule has 0 spiro atoms. The number of nitrogen functional groups attached to an aromatic ring is 1. The van der Waals surface area contributed by atoms with E-state index in [4.69, 9.17) is 5.73 Å². The Hall–Kier alpha value is -0.850. The average Bonchev–Trinajstić information content (AvgIpc) is 2.09. The lowest BCUT2D eigenvalue weighted by atomic mass is 10.1. The minimum atomic E-state index is -0.554. The predicted octanol–water partition coefficient (Wildman–Crippen LogP) is 1.71. The second kappa shape index (κ2) is 4.12. The third-order valence-corrected chi connectivity index (χ3v) is 2.35. The molecule has 3 nitrogen and oxygen atoms in total. The van der Waals surface area contributed by atoms with Crippen molar-refractivity contribution in [2.75, 3.05) is 19.8 Å². The number of anilines is 1. The van der Waals surface area contributed by atoms with Gasteiger partial charge in [0, 0.05) is 17.7 Å². The molecular weight excluding hydrogens is 298 g/mol. The van der Waals surface area contributed by atoms with Crippen LogP contribution in [-0.4, -0.2) is 24.9 Å². The van der Waals surface area contributed by atoms with Crippen LogP contribution >= 0.6 is 22.6 Å². The Morgan fingerprint density at radius 1 is 1.50 bits per heavy atom. The molecule has 0 aliphatic rings. The number of carbonyl (C=O) groups excluding carboxylic acids is 1. The highest BCUT2D eigenvalue weighted by Gasteiger charge is 2.15. The molecule has 0 fully saturated rings. The fraction of sp³-hybridized carbons (Fsp3) is 0.222. The molecule has 0 aliphatic heterocycles. The number of hydrogen-bond donors (Lipinski definition) is 1. The van der Waals surface area contributed by atoms with Crippen LogP contribution in [0.3, 0.4) is 0 Å². The van der Waals surface area contributed by atoms with Crippen LogP contribution in [0.4, 0.5) is 10.1 Å². The summed E-state index contributed by atoms with van der Waals surface area (Å²) in [6.45, 7) is 0. The molecule has 1 rings (SSSR count). The number of rotatable bonds is 1. The molecule has 76 valence electrons. The highest BCUT2D eigenvalue weighted by Crippen LogP contribution is 2.20. The lowest BCUT2D eigenvalue weighted by Gasteiger charge is -2.12. The first-order valence-corrected chi connectivity index (χ1v) is 4.97. The van der Waals surface area contributed by atoms with E-state index in [1.54, 1.807) is 20.2 Å². The highest BCUT2D eigenvalue weighted by molar-refractivity contribution is 14.1. The maximum Gasteiger partial charge on any atom is 0.255 e. The molecule has 5 heteroatoms. The van der Waals surface area contributed by atoms with Crippen molar-refractivity contribution < 1.29 is 9.18 Å². The van der Waals surface area contributed by atoms with E-state index < -0.39 is 5.82 Å². The number of nitrogens with two attached hydrogens (primary N) is 1. The molecule has 0 heterocycles. The van der Waals surface area contributed by atoms with E-state index in [0.29, 0.717) is 3.57 Å². The third kappa shape index (κ3) is 2.14. The van der Waals surface area contributed by atoms with E-state index in [9.17, 15) is 9.18 Å². The van der Waals surface area contributed by atoms with E-state index in [1.165, 1.54) is 11.0 Å². The molecule has 0 saturated heterocycles. The molecule has 0 bridgehead atoms. The number of hydrogen-bond acceptors (Lipinski definition) is 2. The molecule has 1 aromatic rings. The van der Waals surface area contributed by atoms with Crippen LogP contribution in [0.5, 0.6) is 0 Å². The van der Waals surface area contributed by atoms with Gasteiger partial charge in [0.25, 0.3) is 5.91 Å². The van der Waals surface area contributed by atoms with Gasteiger partial charge in [-0.05, 0) is 34.7 Å². The van der Waals surface area contributed by atoms with Crippen molar-refractivity contribution in [1.29, 1.82) is 0 Å². The van der Waals surface area contributed by atoms with Crippen LogP contribution in [0.15, 0.2) is 12.1 Å². The highest BCUT2D eigenvalue weighted by atomic mass is 127. The predicted molar refractivity (Wildman–Crippen MR) is 61.5 cm³/mol. The van der Waals surface area contributed by atoms with Gasteiger partial charge in [-0.25, -0.2) is 4.39 Å². The van der Waals surface area contributed by atoms with Crippen LogP contribution in [0.25, 0.3) is 0 Å². The summed E-state index contributed by atoms with van der Waals surface area (Å²) in [4.78, 5) is 12.9. The van der Waals surface area contributed by atoms with Gasteiger partial charge >= 0.3 is 0 Å². The molecule has 0 unspecified atom stereocenters. The first-order valence-electron chi connectivity index (χ1n) is 3.89. The standard InChI is InChI=1S/C9H10FIN2O/c1-13(2)9(14)6-3-5(11)4-7(10)8(6)12/h3-4H,12H2,1-2H3. The molecular formula is C9H10FIN2O. The van der Waals surface area contributed by atoms with Crippen molar-refractivity contribution in [3.63, 3.8) is 0 Å². The third-order valence-electron chi connectivity index (χ3n) is 1.73. The van der Waals surface area contributed by atoms with Crippen molar-refractivity contribution in [2.24, 2.45) is 0 Å². The maximum absolute atomic E-state index is 13.2. The Labute approximate surface area is 95.2 Å². The lowest BCUT2D eigenvalue weighted by molar-refractivity contribution is 0.0828. The monoisotopic (exact) mass is 308 g/mol. The summed E-state index contributed by atoms with van der Waals surface area (Å²) in [5.41, 5.74) is 5.58. The Bertz CT molecular complexity index is 379. The zero-order valence-corrected chi connectivity index (χ0v) is 10.0. The zero-order chi connectivity index (χ0) is 10.9. The largest absolute Gasteiger partial charge is 0.396 e. The number of halogens is 2. The van der Waals surface area contributed by atoms with Gasteiger partial charge < -0.3 is 10.6 Å². The van der Waals surface area contributed by atoms with Crippen LogP contribution in [0.1, 0.15) is 10.4 Å². The summed E-state index contributed by atoms with van der Waals surface area (Å²) in [5.74, 6) is -0.845. The second-order valence-electron chi connectivity index (χ2n) is 3.05. The quantitative estimate of drug-likeness (QED) is 0.634. The molecule has 0 saturated carbocycles. The Balaban J connectivity index is 3.27. The zero-order valence-electron chi connectivity index (χ0n) is 7.84. The van der Waals surface area contributed by atoms with Crippen LogP contribution in [0.2, 0.25) is 0 Å². The van der Waals surface area contributed by atoms with Gasteiger partial charge in [0.05, 0.1) is 11.3 Å². The number of amides is 1. The first-order chi connectivity index (χ1) is 6.43. The normalized spacial score (nSPS) is 10.0. The van der Waals surface area contributed by atoms with Crippen LogP contribution < -0.4 is 5.73 Å². The van der Waals surface area contributed by atoms with E-state index in [2.05, 4.69) is 0 Å². The summed E-state index contributed by atoms with van der Waals surface area (Å²) >= 11 is 1.94. The lowest BCUT2D eigenvalue weighted by Crippen LogP contribution is -2.23. The molecule has 0 atom stereocenters. The summed E-state index contributed by atoms with van der Waals surface area (Å²) in [5, 5.41) is 0.